The van der Waals surface area contributed by atoms with Gasteiger partial charge in [-0.2, -0.15) is 10.2 Å². The molecule has 1 aromatic rings. The van der Waals surface area contributed by atoms with E-state index in [1.165, 1.54) is 0 Å². The second-order valence-electron chi connectivity index (χ2n) is 6.59. The van der Waals surface area contributed by atoms with E-state index in [0.717, 1.165) is 43.9 Å². The monoisotopic (exact) mass is 332 g/mol. The number of carbonyl (C=O) groups excluding carboxylic acids is 2. The number of carbonyl (C=O) groups is 2. The molecule has 130 valence electrons. The number of aromatic amines is 1. The number of rotatable bonds is 5. The molecule has 8 nitrogen and oxygen atoms in total. The Morgan fingerprint density at radius 2 is 2.33 bits per heavy atom. The molecule has 3 heterocycles. The zero-order valence-corrected chi connectivity index (χ0v) is 14.0. The van der Waals surface area contributed by atoms with Gasteiger partial charge >= 0.3 is 0 Å². The lowest BCUT2D eigenvalue weighted by atomic mass is 9.97. The zero-order valence-electron chi connectivity index (χ0n) is 14.0. The third-order valence-corrected chi connectivity index (χ3v) is 4.47. The minimum absolute atomic E-state index is 0.136. The Balaban J connectivity index is 1.45. The van der Waals surface area contributed by atoms with Crippen molar-refractivity contribution in [3.63, 3.8) is 0 Å². The molecule has 3 rings (SSSR count). The van der Waals surface area contributed by atoms with Crippen LogP contribution in [0.2, 0.25) is 0 Å². The van der Waals surface area contributed by atoms with Crippen LogP contribution in [-0.2, 0) is 16.1 Å². The van der Waals surface area contributed by atoms with E-state index in [-0.39, 0.29) is 11.8 Å². The van der Waals surface area contributed by atoms with Gasteiger partial charge in [-0.1, -0.05) is 0 Å². The fourth-order valence-corrected chi connectivity index (χ4v) is 3.22. The van der Waals surface area contributed by atoms with Gasteiger partial charge in [-0.05, 0) is 38.3 Å². The van der Waals surface area contributed by atoms with Gasteiger partial charge in [0.2, 0.25) is 5.91 Å². The largest absolute Gasteiger partial charge is 0.351 e. The van der Waals surface area contributed by atoms with Gasteiger partial charge in [0.25, 0.3) is 5.91 Å². The minimum Gasteiger partial charge on any atom is -0.351 e. The Kier molecular flexibility index (Phi) is 5.24. The number of likely N-dealkylation sites (tertiary alicyclic amines) is 1. The summed E-state index contributed by atoms with van der Waals surface area (Å²) in [5, 5.41) is 14.0. The number of piperidine rings is 1. The molecule has 2 amide bonds. The summed E-state index contributed by atoms with van der Waals surface area (Å²) in [6.07, 6.45) is 2.97. The molecule has 1 saturated heterocycles. The summed E-state index contributed by atoms with van der Waals surface area (Å²) in [6.45, 7) is 5.50. The predicted octanol–water partition coefficient (Wildman–Crippen LogP) is 0.312. The first-order valence-electron chi connectivity index (χ1n) is 8.47. The number of H-pyrrole nitrogens is 1. The van der Waals surface area contributed by atoms with Crippen LogP contribution < -0.4 is 10.7 Å². The third kappa shape index (κ3) is 4.41. The van der Waals surface area contributed by atoms with Crippen molar-refractivity contribution in [2.45, 2.75) is 39.2 Å². The molecule has 8 heteroatoms. The number of aryl methyl sites for hydroxylation is 1. The highest BCUT2D eigenvalue weighted by atomic mass is 16.2. The maximum atomic E-state index is 12.1. The second kappa shape index (κ2) is 7.57. The Morgan fingerprint density at radius 3 is 3.04 bits per heavy atom. The normalized spacial score (nSPS) is 22.0. The molecule has 0 aromatic carbocycles. The predicted molar refractivity (Wildman–Crippen MR) is 89.1 cm³/mol. The van der Waals surface area contributed by atoms with Crippen LogP contribution in [0.4, 0.5) is 0 Å². The van der Waals surface area contributed by atoms with Crippen LogP contribution in [0.15, 0.2) is 11.2 Å². The van der Waals surface area contributed by atoms with E-state index in [1.54, 1.807) is 0 Å². The summed E-state index contributed by atoms with van der Waals surface area (Å²) < 4.78 is 0. The van der Waals surface area contributed by atoms with Crippen molar-refractivity contribution in [1.82, 2.24) is 25.8 Å². The summed E-state index contributed by atoms with van der Waals surface area (Å²) in [6, 6.07) is 2.07. The SMILES string of the molecule is Cc1cc(CN2CCCC(CNC(=O)C3=NNC(=O)CC3)C2)n[nH]1. The van der Waals surface area contributed by atoms with Gasteiger partial charge in [0, 0.05) is 38.2 Å². The summed E-state index contributed by atoms with van der Waals surface area (Å²) in [4.78, 5) is 25.5. The molecule has 1 aromatic heterocycles. The maximum absolute atomic E-state index is 12.1. The molecule has 0 bridgehead atoms. The Bertz CT molecular complexity index is 638. The standard InChI is InChI=1S/C16H24N6O2/c1-11-7-13(19-18-11)10-22-6-2-3-12(9-22)8-17-16(24)14-4-5-15(23)21-20-14/h7,12H,2-6,8-10H2,1H3,(H,17,24)(H,18,19)(H,21,23). The molecule has 1 fully saturated rings. The fraction of sp³-hybridized carbons (Fsp3) is 0.625. The van der Waals surface area contributed by atoms with E-state index in [0.29, 0.717) is 31.0 Å². The molecular formula is C16H24N6O2. The lowest BCUT2D eigenvalue weighted by Crippen LogP contribution is -2.43. The number of hydrogen-bond acceptors (Lipinski definition) is 5. The van der Waals surface area contributed by atoms with Crippen LogP contribution in [0.5, 0.6) is 0 Å². The summed E-state index contributed by atoms with van der Waals surface area (Å²) in [5.41, 5.74) is 4.90. The number of amides is 2. The topological polar surface area (TPSA) is 102 Å². The number of hydrogen-bond donors (Lipinski definition) is 3. The number of nitrogens with zero attached hydrogens (tertiary/aromatic N) is 3. The Hall–Kier alpha value is -2.22. The molecule has 0 aliphatic carbocycles. The first-order chi connectivity index (χ1) is 11.6. The minimum atomic E-state index is -0.171. The highest BCUT2D eigenvalue weighted by Crippen LogP contribution is 2.17. The van der Waals surface area contributed by atoms with Crippen LogP contribution >= 0.6 is 0 Å². The van der Waals surface area contributed by atoms with Gasteiger partial charge in [0.15, 0.2) is 0 Å². The maximum Gasteiger partial charge on any atom is 0.267 e. The third-order valence-electron chi connectivity index (χ3n) is 4.47. The van der Waals surface area contributed by atoms with E-state index in [1.807, 2.05) is 6.92 Å². The van der Waals surface area contributed by atoms with Crippen LogP contribution in [0, 0.1) is 12.8 Å². The van der Waals surface area contributed by atoms with Crippen molar-refractivity contribution in [1.29, 1.82) is 0 Å². The molecule has 24 heavy (non-hydrogen) atoms. The van der Waals surface area contributed by atoms with E-state index in [4.69, 9.17) is 0 Å². The Morgan fingerprint density at radius 1 is 1.46 bits per heavy atom. The van der Waals surface area contributed by atoms with E-state index in [2.05, 4.69) is 37.0 Å². The van der Waals surface area contributed by atoms with Crippen LogP contribution in [0.3, 0.4) is 0 Å². The van der Waals surface area contributed by atoms with Crippen molar-refractivity contribution in [2.24, 2.45) is 11.0 Å². The summed E-state index contributed by atoms with van der Waals surface area (Å²) in [5.74, 6) is 0.125. The van der Waals surface area contributed by atoms with Crippen LogP contribution in [-0.4, -0.2) is 52.3 Å². The fourth-order valence-electron chi connectivity index (χ4n) is 3.22. The molecule has 2 aliphatic rings. The molecule has 0 radical (unpaired) electrons. The molecular weight excluding hydrogens is 308 g/mol. The van der Waals surface area contributed by atoms with Gasteiger partial charge in [-0.15, -0.1) is 0 Å². The summed E-state index contributed by atoms with van der Waals surface area (Å²) in [7, 11) is 0. The van der Waals surface area contributed by atoms with Crippen molar-refractivity contribution < 1.29 is 9.59 Å². The first-order valence-corrected chi connectivity index (χ1v) is 8.47. The molecule has 0 spiro atoms. The molecule has 1 atom stereocenters. The zero-order chi connectivity index (χ0) is 16.9. The van der Waals surface area contributed by atoms with Crippen LogP contribution in [0.1, 0.15) is 37.1 Å². The average molecular weight is 332 g/mol. The molecule has 3 N–H and O–H groups in total. The smallest absolute Gasteiger partial charge is 0.267 e. The van der Waals surface area contributed by atoms with E-state index < -0.39 is 0 Å². The lowest BCUT2D eigenvalue weighted by Gasteiger charge is -2.32. The highest BCUT2D eigenvalue weighted by Gasteiger charge is 2.23. The molecule has 0 saturated carbocycles. The van der Waals surface area contributed by atoms with Gasteiger partial charge in [-0.25, -0.2) is 5.43 Å². The van der Waals surface area contributed by atoms with Crippen molar-refractivity contribution >= 4 is 17.5 Å². The lowest BCUT2D eigenvalue weighted by molar-refractivity contribution is -0.121. The van der Waals surface area contributed by atoms with E-state index >= 15 is 0 Å². The molecule has 2 aliphatic heterocycles. The quantitative estimate of drug-likeness (QED) is 0.722. The Labute approximate surface area is 141 Å². The average Bonchev–Trinajstić information content (AvgIpc) is 2.98. The van der Waals surface area contributed by atoms with Crippen molar-refractivity contribution in [3.05, 3.63) is 17.5 Å². The number of nitrogens with one attached hydrogen (secondary N) is 3. The van der Waals surface area contributed by atoms with Crippen molar-refractivity contribution in [3.8, 4) is 0 Å². The van der Waals surface area contributed by atoms with Gasteiger partial charge in [0.05, 0.1) is 5.69 Å². The first kappa shape index (κ1) is 16.6. The number of aromatic nitrogens is 2. The second-order valence-corrected chi connectivity index (χ2v) is 6.59. The van der Waals surface area contributed by atoms with Crippen LogP contribution in [0.25, 0.3) is 0 Å². The van der Waals surface area contributed by atoms with Gasteiger partial charge in [-0.3, -0.25) is 19.6 Å². The van der Waals surface area contributed by atoms with Gasteiger partial charge in [0.1, 0.15) is 5.71 Å². The van der Waals surface area contributed by atoms with Crippen molar-refractivity contribution in [2.75, 3.05) is 19.6 Å². The number of hydrazone groups is 1. The van der Waals surface area contributed by atoms with E-state index in [9.17, 15) is 9.59 Å². The highest BCUT2D eigenvalue weighted by molar-refractivity contribution is 6.39. The summed E-state index contributed by atoms with van der Waals surface area (Å²) >= 11 is 0. The molecule has 1 unspecified atom stereocenters. The van der Waals surface area contributed by atoms with Gasteiger partial charge < -0.3 is 5.32 Å².